The fourth-order valence-corrected chi connectivity index (χ4v) is 2.25. The highest BCUT2D eigenvalue weighted by Crippen LogP contribution is 2.28. The fourth-order valence-electron chi connectivity index (χ4n) is 1.92. The highest BCUT2D eigenvalue weighted by molar-refractivity contribution is 9.10. The first-order valence-corrected chi connectivity index (χ1v) is 7.63. The lowest BCUT2D eigenvalue weighted by Gasteiger charge is -2.33. The van der Waals surface area contributed by atoms with Gasteiger partial charge in [0.2, 0.25) is 0 Å². The van der Waals surface area contributed by atoms with E-state index in [4.69, 9.17) is 0 Å². The van der Waals surface area contributed by atoms with Crippen LogP contribution in [0.1, 0.15) is 46.6 Å². The second kappa shape index (κ2) is 6.36. The third kappa shape index (κ3) is 5.62. The molecule has 0 aromatic heterocycles. The number of rotatable bonds is 5. The van der Waals surface area contributed by atoms with Crippen LogP contribution in [0.5, 0.6) is 0 Å². The average molecular weight is 330 g/mol. The maximum Gasteiger partial charge on any atom is 0.127 e. The van der Waals surface area contributed by atoms with Crippen LogP contribution in [0.15, 0.2) is 22.7 Å². The van der Waals surface area contributed by atoms with Gasteiger partial charge in [-0.1, -0.05) is 35.8 Å². The number of hydrogen-bond donors (Lipinski definition) is 1. The maximum atomic E-state index is 13.9. The minimum absolute atomic E-state index is 0.0714. The summed E-state index contributed by atoms with van der Waals surface area (Å²) in [5, 5.41) is 3.53. The quantitative estimate of drug-likeness (QED) is 0.807. The van der Waals surface area contributed by atoms with E-state index in [9.17, 15) is 4.39 Å². The summed E-state index contributed by atoms with van der Waals surface area (Å²) >= 11 is 3.30. The van der Waals surface area contributed by atoms with E-state index < -0.39 is 0 Å². The summed E-state index contributed by atoms with van der Waals surface area (Å²) in [4.78, 5) is 0. The lowest BCUT2D eigenvalue weighted by atomic mass is 9.80. The molecule has 1 N–H and O–H groups in total. The summed E-state index contributed by atoms with van der Waals surface area (Å²) in [6.07, 6.45) is 1.78. The standard InChI is InChI=1S/C16H25BrFN/c1-6-16(5,11-19-15(2,3)4)10-12-7-8-13(17)9-14(12)18/h7-9,19H,6,10-11H2,1-5H3. The van der Waals surface area contributed by atoms with E-state index >= 15 is 0 Å². The van der Waals surface area contributed by atoms with E-state index in [-0.39, 0.29) is 16.8 Å². The monoisotopic (exact) mass is 329 g/mol. The molecule has 0 aliphatic heterocycles. The summed E-state index contributed by atoms with van der Waals surface area (Å²) in [7, 11) is 0. The van der Waals surface area contributed by atoms with Gasteiger partial charge in [0.05, 0.1) is 0 Å². The van der Waals surface area contributed by atoms with Gasteiger partial charge < -0.3 is 5.32 Å². The van der Waals surface area contributed by atoms with Gasteiger partial charge in [0.25, 0.3) is 0 Å². The maximum absolute atomic E-state index is 13.9. The van der Waals surface area contributed by atoms with Gasteiger partial charge >= 0.3 is 0 Å². The minimum atomic E-state index is -0.121. The summed E-state index contributed by atoms with van der Waals surface area (Å²) in [6.45, 7) is 11.7. The number of benzene rings is 1. The topological polar surface area (TPSA) is 12.0 Å². The molecule has 0 aliphatic carbocycles. The van der Waals surface area contributed by atoms with Crippen LogP contribution in [0, 0.1) is 11.2 Å². The van der Waals surface area contributed by atoms with E-state index in [0.717, 1.165) is 29.4 Å². The molecule has 1 rings (SSSR count). The summed E-state index contributed by atoms with van der Waals surface area (Å²) in [5.74, 6) is -0.121. The zero-order valence-corrected chi connectivity index (χ0v) is 14.2. The number of nitrogens with one attached hydrogen (secondary N) is 1. The third-order valence-electron chi connectivity index (χ3n) is 3.53. The van der Waals surface area contributed by atoms with Gasteiger partial charge in [-0.3, -0.25) is 0 Å². The van der Waals surface area contributed by atoms with Crippen molar-refractivity contribution in [3.63, 3.8) is 0 Å². The Bertz CT molecular complexity index is 425. The number of hydrogen-bond acceptors (Lipinski definition) is 1. The molecule has 1 nitrogen and oxygen atoms in total. The average Bonchev–Trinajstić information content (AvgIpc) is 2.30. The highest BCUT2D eigenvalue weighted by Gasteiger charge is 2.25. The minimum Gasteiger partial charge on any atom is -0.312 e. The van der Waals surface area contributed by atoms with Crippen LogP contribution in [0.25, 0.3) is 0 Å². The normalized spacial score (nSPS) is 15.3. The first-order chi connectivity index (χ1) is 8.65. The molecule has 108 valence electrons. The molecule has 1 atom stereocenters. The van der Waals surface area contributed by atoms with E-state index in [1.807, 2.05) is 12.1 Å². The van der Waals surface area contributed by atoms with Crippen molar-refractivity contribution in [3.05, 3.63) is 34.1 Å². The van der Waals surface area contributed by atoms with Crippen molar-refractivity contribution >= 4 is 15.9 Å². The molecular formula is C16H25BrFN. The van der Waals surface area contributed by atoms with Gasteiger partial charge in [-0.15, -0.1) is 0 Å². The van der Waals surface area contributed by atoms with Gasteiger partial charge in [-0.25, -0.2) is 4.39 Å². The van der Waals surface area contributed by atoms with Crippen LogP contribution in [0.3, 0.4) is 0 Å². The van der Waals surface area contributed by atoms with Crippen LogP contribution in [0.4, 0.5) is 4.39 Å². The van der Waals surface area contributed by atoms with Gasteiger partial charge in [0.1, 0.15) is 5.82 Å². The Balaban J connectivity index is 2.80. The molecule has 0 amide bonds. The molecule has 1 aromatic rings. The zero-order valence-electron chi connectivity index (χ0n) is 12.6. The Morgan fingerprint density at radius 2 is 1.84 bits per heavy atom. The smallest absolute Gasteiger partial charge is 0.127 e. The predicted molar refractivity (Wildman–Crippen MR) is 84.0 cm³/mol. The molecular weight excluding hydrogens is 305 g/mol. The van der Waals surface area contributed by atoms with E-state index in [1.165, 1.54) is 0 Å². The molecule has 1 unspecified atom stereocenters. The number of halogens is 2. The van der Waals surface area contributed by atoms with E-state index in [0.29, 0.717) is 0 Å². The second-order valence-electron chi connectivity index (χ2n) is 6.68. The van der Waals surface area contributed by atoms with Crippen molar-refractivity contribution in [1.82, 2.24) is 5.32 Å². The third-order valence-corrected chi connectivity index (χ3v) is 4.02. The van der Waals surface area contributed by atoms with Crippen molar-refractivity contribution in [1.29, 1.82) is 0 Å². The van der Waals surface area contributed by atoms with E-state index in [1.54, 1.807) is 6.07 Å². The van der Waals surface area contributed by atoms with Crippen molar-refractivity contribution < 1.29 is 4.39 Å². The Hall–Kier alpha value is -0.410. The Morgan fingerprint density at radius 3 is 2.32 bits per heavy atom. The first kappa shape index (κ1) is 16.6. The largest absolute Gasteiger partial charge is 0.312 e. The summed E-state index contributed by atoms with van der Waals surface area (Å²) < 4.78 is 14.7. The lowest BCUT2D eigenvalue weighted by Crippen LogP contribution is -2.43. The van der Waals surface area contributed by atoms with Gasteiger partial charge in [-0.05, 0) is 56.7 Å². The first-order valence-electron chi connectivity index (χ1n) is 6.84. The van der Waals surface area contributed by atoms with Gasteiger partial charge in [-0.2, -0.15) is 0 Å². The predicted octanol–water partition coefficient (Wildman–Crippen LogP) is 4.94. The lowest BCUT2D eigenvalue weighted by molar-refractivity contribution is 0.252. The zero-order chi connectivity index (χ0) is 14.7. The molecule has 1 aromatic carbocycles. The SMILES string of the molecule is CCC(C)(CNC(C)(C)C)Cc1ccc(Br)cc1F. The van der Waals surface area contributed by atoms with Gasteiger partial charge in [0.15, 0.2) is 0 Å². The van der Waals surface area contributed by atoms with Crippen molar-refractivity contribution in [3.8, 4) is 0 Å². The highest BCUT2D eigenvalue weighted by atomic mass is 79.9. The van der Waals surface area contributed by atoms with Crippen LogP contribution in [-0.4, -0.2) is 12.1 Å². The Kier molecular flexibility index (Phi) is 5.57. The summed E-state index contributed by atoms with van der Waals surface area (Å²) in [5.41, 5.74) is 0.958. The molecule has 3 heteroatoms. The molecule has 0 saturated heterocycles. The molecule has 0 saturated carbocycles. The molecule has 0 bridgehead atoms. The Labute approximate surface area is 125 Å². The van der Waals surface area contributed by atoms with Crippen molar-refractivity contribution in [2.45, 2.75) is 53.0 Å². The molecule has 0 aliphatic rings. The molecule has 0 heterocycles. The Morgan fingerprint density at radius 1 is 1.21 bits per heavy atom. The molecule has 0 fully saturated rings. The summed E-state index contributed by atoms with van der Waals surface area (Å²) in [6, 6.07) is 5.33. The van der Waals surface area contributed by atoms with Crippen LogP contribution in [0.2, 0.25) is 0 Å². The van der Waals surface area contributed by atoms with Crippen molar-refractivity contribution in [2.75, 3.05) is 6.54 Å². The molecule has 19 heavy (non-hydrogen) atoms. The second-order valence-corrected chi connectivity index (χ2v) is 7.60. The molecule has 0 radical (unpaired) electrons. The van der Waals surface area contributed by atoms with Gasteiger partial charge in [0, 0.05) is 16.6 Å². The van der Waals surface area contributed by atoms with E-state index in [2.05, 4.69) is 55.9 Å². The fraction of sp³-hybridized carbons (Fsp3) is 0.625. The van der Waals surface area contributed by atoms with Crippen molar-refractivity contribution in [2.24, 2.45) is 5.41 Å². The van der Waals surface area contributed by atoms with Crippen LogP contribution in [-0.2, 0) is 6.42 Å². The van der Waals surface area contributed by atoms with Crippen LogP contribution < -0.4 is 5.32 Å². The van der Waals surface area contributed by atoms with Crippen LogP contribution >= 0.6 is 15.9 Å². The molecule has 0 spiro atoms.